The summed E-state index contributed by atoms with van der Waals surface area (Å²) in [6.07, 6.45) is 1.43. The van der Waals surface area contributed by atoms with Crippen LogP contribution in [0.4, 0.5) is 11.8 Å². The molecular formula is C15H18N4O4. The van der Waals surface area contributed by atoms with Gasteiger partial charge in [0.2, 0.25) is 0 Å². The first-order valence-electron chi connectivity index (χ1n) is 7.23. The van der Waals surface area contributed by atoms with Gasteiger partial charge in [-0.1, -0.05) is 12.1 Å². The average Bonchev–Trinajstić information content (AvgIpc) is 3.00. The molecule has 2 aromatic rings. The van der Waals surface area contributed by atoms with Gasteiger partial charge in [0.05, 0.1) is 26.3 Å². The van der Waals surface area contributed by atoms with Crippen molar-refractivity contribution in [2.75, 3.05) is 25.7 Å². The van der Waals surface area contributed by atoms with E-state index in [1.165, 1.54) is 6.20 Å². The second-order valence-corrected chi connectivity index (χ2v) is 5.39. The molecule has 0 saturated heterocycles. The Bertz CT molecular complexity index is 698. The number of methoxy groups -OCH3 is 2. The first-order chi connectivity index (χ1) is 11.1. The van der Waals surface area contributed by atoms with Crippen LogP contribution in [-0.4, -0.2) is 41.3 Å². The van der Waals surface area contributed by atoms with E-state index in [1.807, 2.05) is 29.2 Å². The molecule has 8 nitrogen and oxygen atoms in total. The van der Waals surface area contributed by atoms with E-state index in [-0.39, 0.29) is 11.9 Å². The van der Waals surface area contributed by atoms with Gasteiger partial charge in [0.15, 0.2) is 0 Å². The summed E-state index contributed by atoms with van der Waals surface area (Å²) in [5.41, 5.74) is 1.07. The number of nitro groups is 1. The van der Waals surface area contributed by atoms with Crippen LogP contribution in [0.5, 0.6) is 5.75 Å². The number of nitrogens with zero attached hydrogens (tertiary/aromatic N) is 4. The Morgan fingerprint density at radius 1 is 1.30 bits per heavy atom. The van der Waals surface area contributed by atoms with Crippen molar-refractivity contribution >= 4 is 11.8 Å². The predicted molar refractivity (Wildman–Crippen MR) is 83.7 cm³/mol. The fraction of sp³-hybridized carbons (Fsp3) is 0.400. The van der Waals surface area contributed by atoms with Crippen molar-refractivity contribution in [2.45, 2.75) is 19.2 Å². The van der Waals surface area contributed by atoms with Crippen LogP contribution in [0.3, 0.4) is 0 Å². The maximum absolute atomic E-state index is 11.0. The molecule has 0 spiro atoms. The molecule has 122 valence electrons. The molecule has 2 heterocycles. The van der Waals surface area contributed by atoms with Gasteiger partial charge in [-0.2, -0.15) is 0 Å². The zero-order valence-corrected chi connectivity index (χ0v) is 13.0. The van der Waals surface area contributed by atoms with Crippen LogP contribution in [0.25, 0.3) is 0 Å². The summed E-state index contributed by atoms with van der Waals surface area (Å²) in [7, 11) is 3.27. The van der Waals surface area contributed by atoms with Gasteiger partial charge in [-0.05, 0) is 22.6 Å². The highest BCUT2D eigenvalue weighted by atomic mass is 16.6. The Balaban J connectivity index is 1.87. The van der Waals surface area contributed by atoms with E-state index in [2.05, 4.69) is 4.98 Å². The number of ether oxygens (including phenoxy) is 2. The maximum Gasteiger partial charge on any atom is 0.384 e. The molecule has 1 aliphatic rings. The quantitative estimate of drug-likeness (QED) is 0.618. The number of hydrogen-bond donors (Lipinski definition) is 0. The molecule has 0 N–H and O–H groups in total. The van der Waals surface area contributed by atoms with Gasteiger partial charge in [-0.25, -0.2) is 0 Å². The number of fused-ring (bicyclic) bond motifs is 1. The van der Waals surface area contributed by atoms with Crippen molar-refractivity contribution in [1.82, 2.24) is 9.55 Å². The third kappa shape index (κ3) is 3.11. The summed E-state index contributed by atoms with van der Waals surface area (Å²) in [6.45, 7) is 1.79. The van der Waals surface area contributed by atoms with E-state index in [0.717, 1.165) is 11.3 Å². The van der Waals surface area contributed by atoms with Crippen LogP contribution in [0.2, 0.25) is 0 Å². The topological polar surface area (TPSA) is 82.7 Å². The lowest BCUT2D eigenvalue weighted by Gasteiger charge is -2.31. The number of rotatable bonds is 5. The van der Waals surface area contributed by atoms with Crippen LogP contribution in [0.15, 0.2) is 30.5 Å². The third-order valence-corrected chi connectivity index (χ3v) is 3.90. The van der Waals surface area contributed by atoms with Gasteiger partial charge in [0, 0.05) is 18.6 Å². The van der Waals surface area contributed by atoms with Crippen molar-refractivity contribution in [1.29, 1.82) is 0 Å². The zero-order chi connectivity index (χ0) is 16.4. The first kappa shape index (κ1) is 15.3. The second kappa shape index (κ2) is 6.25. The van der Waals surface area contributed by atoms with Gasteiger partial charge in [0.1, 0.15) is 11.9 Å². The molecule has 1 aromatic heterocycles. The summed E-state index contributed by atoms with van der Waals surface area (Å²) in [4.78, 5) is 16.6. The molecule has 0 aliphatic carbocycles. The summed E-state index contributed by atoms with van der Waals surface area (Å²) < 4.78 is 12.4. The zero-order valence-electron chi connectivity index (χ0n) is 13.0. The van der Waals surface area contributed by atoms with E-state index in [9.17, 15) is 10.1 Å². The number of benzene rings is 1. The molecule has 0 fully saturated rings. The molecular weight excluding hydrogens is 300 g/mol. The van der Waals surface area contributed by atoms with Crippen LogP contribution in [0.1, 0.15) is 5.56 Å². The summed E-state index contributed by atoms with van der Waals surface area (Å²) >= 11 is 0. The molecule has 0 bridgehead atoms. The Morgan fingerprint density at radius 2 is 2.04 bits per heavy atom. The minimum Gasteiger partial charge on any atom is -0.497 e. The van der Waals surface area contributed by atoms with Crippen molar-refractivity contribution in [3.05, 3.63) is 46.1 Å². The Kier molecular flexibility index (Phi) is 4.16. The molecule has 23 heavy (non-hydrogen) atoms. The lowest BCUT2D eigenvalue weighted by atomic mass is 10.2. The largest absolute Gasteiger partial charge is 0.497 e. The molecule has 1 aliphatic heterocycles. The van der Waals surface area contributed by atoms with Gasteiger partial charge in [-0.15, -0.1) is 0 Å². The van der Waals surface area contributed by atoms with Crippen molar-refractivity contribution in [2.24, 2.45) is 0 Å². The summed E-state index contributed by atoms with van der Waals surface area (Å²) in [6, 6.07) is 7.72. The van der Waals surface area contributed by atoms with E-state index in [0.29, 0.717) is 25.6 Å². The van der Waals surface area contributed by atoms with E-state index < -0.39 is 4.92 Å². The average molecular weight is 318 g/mol. The highest BCUT2D eigenvalue weighted by Crippen LogP contribution is 2.26. The summed E-state index contributed by atoms with van der Waals surface area (Å²) in [5.74, 6) is 1.25. The lowest BCUT2D eigenvalue weighted by Crippen LogP contribution is -2.41. The van der Waals surface area contributed by atoms with E-state index in [1.54, 1.807) is 18.8 Å². The van der Waals surface area contributed by atoms with Crippen molar-refractivity contribution in [3.63, 3.8) is 0 Å². The molecule has 0 saturated carbocycles. The van der Waals surface area contributed by atoms with Crippen LogP contribution in [-0.2, 0) is 17.8 Å². The highest BCUT2D eigenvalue weighted by Gasteiger charge is 2.31. The van der Waals surface area contributed by atoms with E-state index in [4.69, 9.17) is 9.47 Å². The molecule has 0 amide bonds. The van der Waals surface area contributed by atoms with Crippen LogP contribution >= 0.6 is 0 Å². The van der Waals surface area contributed by atoms with Gasteiger partial charge in [0.25, 0.3) is 0 Å². The number of imidazole rings is 1. The summed E-state index contributed by atoms with van der Waals surface area (Å²) in [5, 5.41) is 11.0. The molecule has 1 aromatic carbocycles. The minimum atomic E-state index is -0.474. The number of anilines is 1. The van der Waals surface area contributed by atoms with E-state index >= 15 is 0 Å². The SMILES string of the molecule is COc1ccc(CN2CC(OC)Cn3cc([N+](=O)[O-])nc32)cc1. The van der Waals surface area contributed by atoms with Crippen molar-refractivity contribution in [3.8, 4) is 5.75 Å². The minimum absolute atomic E-state index is 0.0328. The van der Waals surface area contributed by atoms with Gasteiger partial charge >= 0.3 is 11.8 Å². The van der Waals surface area contributed by atoms with Gasteiger partial charge in [-0.3, -0.25) is 4.57 Å². The second-order valence-electron chi connectivity index (χ2n) is 5.39. The third-order valence-electron chi connectivity index (χ3n) is 3.90. The monoisotopic (exact) mass is 318 g/mol. The Morgan fingerprint density at radius 3 is 2.65 bits per heavy atom. The predicted octanol–water partition coefficient (Wildman–Crippen LogP) is 1.84. The first-order valence-corrected chi connectivity index (χ1v) is 7.23. The number of hydrogen-bond acceptors (Lipinski definition) is 6. The standard InChI is InChI=1S/C15H18N4O4/c1-22-12-5-3-11(4-6-12)7-17-8-13(23-2)9-18-10-14(19(20)21)16-15(17)18/h3-6,10,13H,7-9H2,1-2H3. The number of aromatic nitrogens is 2. The fourth-order valence-corrected chi connectivity index (χ4v) is 2.71. The van der Waals surface area contributed by atoms with Crippen LogP contribution in [0, 0.1) is 10.1 Å². The highest BCUT2D eigenvalue weighted by molar-refractivity contribution is 5.41. The fourth-order valence-electron chi connectivity index (χ4n) is 2.71. The van der Waals surface area contributed by atoms with Gasteiger partial charge < -0.3 is 24.5 Å². The smallest absolute Gasteiger partial charge is 0.384 e. The molecule has 0 radical (unpaired) electrons. The normalized spacial score (nSPS) is 17.0. The molecule has 3 rings (SSSR count). The maximum atomic E-state index is 11.0. The molecule has 1 atom stereocenters. The Labute approximate surface area is 133 Å². The van der Waals surface area contributed by atoms with Crippen LogP contribution < -0.4 is 9.64 Å². The van der Waals surface area contributed by atoms with Crippen molar-refractivity contribution < 1.29 is 14.4 Å². The Hall–Kier alpha value is -2.61. The lowest BCUT2D eigenvalue weighted by molar-refractivity contribution is -0.389. The molecule has 8 heteroatoms. The molecule has 1 unspecified atom stereocenters.